The fourth-order valence-electron chi connectivity index (χ4n) is 3.24. The first-order valence-corrected chi connectivity index (χ1v) is 8.15. The number of fused-ring (bicyclic) bond motifs is 1. The van der Waals surface area contributed by atoms with Crippen molar-refractivity contribution in [2.45, 2.75) is 31.8 Å². The van der Waals surface area contributed by atoms with Crippen LogP contribution in [-0.2, 0) is 0 Å². The van der Waals surface area contributed by atoms with Crippen molar-refractivity contribution in [3.63, 3.8) is 0 Å². The van der Waals surface area contributed by atoms with Gasteiger partial charge in [0.1, 0.15) is 11.3 Å². The molecule has 1 heterocycles. The van der Waals surface area contributed by atoms with Crippen molar-refractivity contribution in [2.24, 2.45) is 0 Å². The normalized spacial score (nSPS) is 16.3. The Bertz CT molecular complexity index is 777. The van der Waals surface area contributed by atoms with Gasteiger partial charge in [-0.25, -0.2) is 4.79 Å². The van der Waals surface area contributed by atoms with Gasteiger partial charge >= 0.3 is 5.97 Å². The van der Waals surface area contributed by atoms with Crippen LogP contribution in [0.5, 0.6) is 17.2 Å². The Labute approximate surface area is 139 Å². The minimum absolute atomic E-state index is 0.125. The third kappa shape index (κ3) is 2.77. The van der Waals surface area contributed by atoms with Gasteiger partial charge in [0, 0.05) is 0 Å². The lowest BCUT2D eigenvalue weighted by atomic mass is 10.0. The maximum Gasteiger partial charge on any atom is 0.339 e. The first-order valence-electron chi connectivity index (χ1n) is 8.15. The second-order valence-corrected chi connectivity index (χ2v) is 6.11. The molecule has 124 valence electrons. The average Bonchev–Trinajstić information content (AvgIpc) is 3.25. The number of hydrogen-bond acceptors (Lipinski definition) is 4. The molecule has 1 saturated carbocycles. The van der Waals surface area contributed by atoms with Crippen molar-refractivity contribution in [3.8, 4) is 28.4 Å². The summed E-state index contributed by atoms with van der Waals surface area (Å²) in [5.74, 6) is 0.846. The van der Waals surface area contributed by atoms with Gasteiger partial charge in [-0.3, -0.25) is 0 Å². The van der Waals surface area contributed by atoms with E-state index >= 15 is 0 Å². The zero-order valence-electron chi connectivity index (χ0n) is 13.2. The lowest BCUT2D eigenvalue weighted by molar-refractivity contribution is 0.0689. The Kier molecular flexibility index (Phi) is 3.76. The lowest BCUT2D eigenvalue weighted by Crippen LogP contribution is -2.13. The Morgan fingerprint density at radius 3 is 2.50 bits per heavy atom. The van der Waals surface area contributed by atoms with Crippen molar-refractivity contribution in [2.75, 3.05) is 6.79 Å². The van der Waals surface area contributed by atoms with Gasteiger partial charge in [-0.1, -0.05) is 12.1 Å². The van der Waals surface area contributed by atoms with Crippen LogP contribution < -0.4 is 14.2 Å². The number of carboxylic acids is 1. The average molecular weight is 326 g/mol. The van der Waals surface area contributed by atoms with Crippen LogP contribution in [0.15, 0.2) is 36.4 Å². The Morgan fingerprint density at radius 1 is 1.00 bits per heavy atom. The monoisotopic (exact) mass is 326 g/mol. The Balaban J connectivity index is 1.67. The van der Waals surface area contributed by atoms with E-state index in [0.29, 0.717) is 17.2 Å². The van der Waals surface area contributed by atoms with Gasteiger partial charge in [-0.2, -0.15) is 0 Å². The van der Waals surface area contributed by atoms with E-state index in [9.17, 15) is 9.90 Å². The third-order valence-electron chi connectivity index (χ3n) is 4.51. The predicted octanol–water partition coefficient (Wildman–Crippen LogP) is 4.10. The smallest absolute Gasteiger partial charge is 0.339 e. The number of carboxylic acid groups (broad SMARTS) is 1. The van der Waals surface area contributed by atoms with E-state index in [-0.39, 0.29) is 18.5 Å². The molecule has 5 heteroatoms. The van der Waals surface area contributed by atoms with Crippen LogP contribution in [0, 0.1) is 0 Å². The Morgan fingerprint density at radius 2 is 1.71 bits per heavy atom. The number of ether oxygens (including phenoxy) is 3. The second-order valence-electron chi connectivity index (χ2n) is 6.11. The number of benzene rings is 2. The van der Waals surface area contributed by atoms with Crippen LogP contribution in [0.4, 0.5) is 0 Å². The molecule has 0 aromatic heterocycles. The van der Waals surface area contributed by atoms with E-state index in [1.54, 1.807) is 12.1 Å². The van der Waals surface area contributed by atoms with E-state index < -0.39 is 5.97 Å². The van der Waals surface area contributed by atoms with Crippen LogP contribution in [0.3, 0.4) is 0 Å². The molecule has 0 unspecified atom stereocenters. The third-order valence-corrected chi connectivity index (χ3v) is 4.51. The molecule has 2 aliphatic rings. The van der Waals surface area contributed by atoms with Crippen molar-refractivity contribution in [3.05, 3.63) is 42.0 Å². The van der Waals surface area contributed by atoms with Crippen LogP contribution in [-0.4, -0.2) is 24.0 Å². The summed E-state index contributed by atoms with van der Waals surface area (Å²) < 4.78 is 16.6. The van der Waals surface area contributed by atoms with Crippen LogP contribution in [0.1, 0.15) is 36.0 Å². The maximum atomic E-state index is 11.6. The summed E-state index contributed by atoms with van der Waals surface area (Å²) in [6, 6.07) is 10.9. The van der Waals surface area contributed by atoms with E-state index in [4.69, 9.17) is 14.2 Å². The van der Waals surface area contributed by atoms with Gasteiger partial charge in [0.25, 0.3) is 0 Å². The minimum Gasteiger partial charge on any atom is -0.490 e. The van der Waals surface area contributed by atoms with E-state index in [0.717, 1.165) is 36.8 Å². The molecule has 0 spiro atoms. The van der Waals surface area contributed by atoms with Gasteiger partial charge < -0.3 is 19.3 Å². The molecule has 1 N–H and O–H groups in total. The standard InChI is InChI=1S/C19H18O5/c20-19(21)15-9-12(5-7-16(15)24-14-3-1-2-4-14)13-6-8-17-18(10-13)23-11-22-17/h5-10,14H,1-4,11H2,(H,20,21). The molecule has 4 rings (SSSR count). The molecule has 1 fully saturated rings. The number of hydrogen-bond donors (Lipinski definition) is 1. The molecule has 0 saturated heterocycles. The zero-order chi connectivity index (χ0) is 16.5. The Hall–Kier alpha value is -2.69. The molecule has 2 aromatic carbocycles. The van der Waals surface area contributed by atoms with Gasteiger partial charge in [0.2, 0.25) is 6.79 Å². The molecule has 0 atom stereocenters. The summed E-state index contributed by atoms with van der Waals surface area (Å²) in [6.45, 7) is 0.216. The van der Waals surface area contributed by atoms with Gasteiger partial charge in [0.15, 0.2) is 11.5 Å². The van der Waals surface area contributed by atoms with Crippen molar-refractivity contribution in [1.29, 1.82) is 0 Å². The number of carbonyl (C=O) groups is 1. The molecule has 24 heavy (non-hydrogen) atoms. The van der Waals surface area contributed by atoms with Crippen molar-refractivity contribution in [1.82, 2.24) is 0 Å². The summed E-state index contributed by atoms with van der Waals surface area (Å²) in [5, 5.41) is 9.54. The largest absolute Gasteiger partial charge is 0.490 e. The van der Waals surface area contributed by atoms with Crippen molar-refractivity contribution < 1.29 is 24.1 Å². The summed E-state index contributed by atoms with van der Waals surface area (Å²) >= 11 is 0. The van der Waals surface area contributed by atoms with E-state index in [2.05, 4.69) is 0 Å². The van der Waals surface area contributed by atoms with E-state index in [1.807, 2.05) is 24.3 Å². The maximum absolute atomic E-state index is 11.6. The van der Waals surface area contributed by atoms with Gasteiger partial charge in [-0.05, 0) is 61.1 Å². The summed E-state index contributed by atoms with van der Waals surface area (Å²) in [4.78, 5) is 11.6. The molecule has 5 nitrogen and oxygen atoms in total. The summed E-state index contributed by atoms with van der Waals surface area (Å²) in [6.07, 6.45) is 4.39. The first kappa shape index (κ1) is 14.9. The van der Waals surface area contributed by atoms with Crippen LogP contribution in [0.25, 0.3) is 11.1 Å². The molecule has 0 radical (unpaired) electrons. The highest BCUT2D eigenvalue weighted by Gasteiger charge is 2.21. The number of rotatable bonds is 4. The summed E-state index contributed by atoms with van der Waals surface area (Å²) in [5.41, 5.74) is 1.88. The van der Waals surface area contributed by atoms with Gasteiger partial charge in [0.05, 0.1) is 6.10 Å². The molecule has 2 aromatic rings. The van der Waals surface area contributed by atoms with Crippen LogP contribution >= 0.6 is 0 Å². The molecular weight excluding hydrogens is 308 g/mol. The fourth-order valence-corrected chi connectivity index (χ4v) is 3.24. The highest BCUT2D eigenvalue weighted by molar-refractivity contribution is 5.92. The number of aromatic carboxylic acids is 1. The second kappa shape index (κ2) is 6.07. The molecule has 1 aliphatic heterocycles. The topological polar surface area (TPSA) is 65.0 Å². The fraction of sp³-hybridized carbons (Fsp3) is 0.316. The van der Waals surface area contributed by atoms with E-state index in [1.165, 1.54) is 0 Å². The first-order chi connectivity index (χ1) is 11.7. The molecule has 0 amide bonds. The van der Waals surface area contributed by atoms with Crippen LogP contribution in [0.2, 0.25) is 0 Å². The quantitative estimate of drug-likeness (QED) is 0.916. The molecule has 1 aliphatic carbocycles. The highest BCUT2D eigenvalue weighted by Crippen LogP contribution is 2.37. The summed E-state index contributed by atoms with van der Waals surface area (Å²) in [7, 11) is 0. The SMILES string of the molecule is O=C(O)c1cc(-c2ccc3c(c2)OCO3)ccc1OC1CCCC1. The zero-order valence-corrected chi connectivity index (χ0v) is 13.2. The van der Waals surface area contributed by atoms with Gasteiger partial charge in [-0.15, -0.1) is 0 Å². The highest BCUT2D eigenvalue weighted by atomic mass is 16.7. The molecule has 0 bridgehead atoms. The lowest BCUT2D eigenvalue weighted by Gasteiger charge is -2.16. The van der Waals surface area contributed by atoms with Crippen molar-refractivity contribution >= 4 is 5.97 Å². The minimum atomic E-state index is -0.981. The molecular formula is C19H18O5. The predicted molar refractivity (Wildman–Crippen MR) is 87.8 cm³/mol.